The third-order valence-corrected chi connectivity index (χ3v) is 4.90. The number of ether oxygens (including phenoxy) is 2. The number of sulfonamides is 1. The lowest BCUT2D eigenvalue weighted by atomic mass is 10.2. The zero-order valence-electron chi connectivity index (χ0n) is 13.0. The second-order valence-corrected chi connectivity index (χ2v) is 6.90. The Morgan fingerprint density at radius 3 is 2.20 bits per heavy atom. The third-order valence-electron chi connectivity index (χ3n) is 3.20. The van der Waals surface area contributed by atoms with E-state index in [2.05, 4.69) is 0 Å². The number of methoxy groups -OCH3 is 2. The normalized spacial score (nSPS) is 11.9. The molecule has 0 amide bonds. The van der Waals surface area contributed by atoms with Crippen LogP contribution in [0.15, 0.2) is 41.3 Å². The van der Waals surface area contributed by atoms with E-state index in [1.54, 1.807) is 0 Å². The minimum Gasteiger partial charge on any atom is -0.493 e. The van der Waals surface area contributed by atoms with Crippen LogP contribution in [-0.4, -0.2) is 22.6 Å². The van der Waals surface area contributed by atoms with Gasteiger partial charge in [0.1, 0.15) is 0 Å². The standard InChI is InChI=1S/C15H13ClF3NO4S/c1-23-13-6-4-10(8-14(13)24-2)25(21,22)20-12-7-9(15(17,18)19)3-5-11(12)16/h3-8,20H,1-2H3. The molecule has 1 N–H and O–H groups in total. The number of benzene rings is 2. The van der Waals surface area contributed by atoms with E-state index < -0.39 is 21.8 Å². The van der Waals surface area contributed by atoms with Crippen LogP contribution >= 0.6 is 11.6 Å². The zero-order valence-corrected chi connectivity index (χ0v) is 14.6. The lowest BCUT2D eigenvalue weighted by Crippen LogP contribution is -2.14. The van der Waals surface area contributed by atoms with Crippen molar-refractivity contribution in [1.82, 2.24) is 0 Å². The van der Waals surface area contributed by atoms with Crippen LogP contribution in [0.4, 0.5) is 18.9 Å². The molecule has 0 saturated carbocycles. The summed E-state index contributed by atoms with van der Waals surface area (Å²) in [5, 5.41) is -0.169. The highest BCUT2D eigenvalue weighted by molar-refractivity contribution is 7.92. The van der Waals surface area contributed by atoms with Gasteiger partial charge in [0, 0.05) is 6.07 Å². The van der Waals surface area contributed by atoms with Crippen LogP contribution in [0.1, 0.15) is 5.56 Å². The fourth-order valence-electron chi connectivity index (χ4n) is 1.97. The first-order valence-electron chi connectivity index (χ1n) is 6.70. The SMILES string of the molecule is COc1ccc(S(=O)(=O)Nc2cc(C(F)(F)F)ccc2Cl)cc1OC. The summed E-state index contributed by atoms with van der Waals surface area (Å²) in [5.74, 6) is 0.457. The van der Waals surface area contributed by atoms with Crippen LogP contribution in [0, 0.1) is 0 Å². The van der Waals surface area contributed by atoms with Gasteiger partial charge in [0.2, 0.25) is 0 Å². The monoisotopic (exact) mass is 395 g/mol. The van der Waals surface area contributed by atoms with Gasteiger partial charge in [0.05, 0.1) is 35.4 Å². The summed E-state index contributed by atoms with van der Waals surface area (Å²) < 4.78 is 75.3. The molecule has 0 aromatic heterocycles. The molecule has 0 bridgehead atoms. The third kappa shape index (κ3) is 4.29. The maximum absolute atomic E-state index is 12.8. The maximum atomic E-state index is 12.8. The van der Waals surface area contributed by atoms with E-state index in [0.717, 1.165) is 12.1 Å². The average Bonchev–Trinajstić information content (AvgIpc) is 2.54. The van der Waals surface area contributed by atoms with Crippen molar-refractivity contribution < 1.29 is 31.1 Å². The van der Waals surface area contributed by atoms with E-state index in [1.807, 2.05) is 4.72 Å². The smallest absolute Gasteiger partial charge is 0.416 e. The quantitative estimate of drug-likeness (QED) is 0.825. The van der Waals surface area contributed by atoms with Gasteiger partial charge in [-0.05, 0) is 30.3 Å². The van der Waals surface area contributed by atoms with E-state index in [9.17, 15) is 21.6 Å². The van der Waals surface area contributed by atoms with Crippen LogP contribution in [0.3, 0.4) is 0 Å². The minimum atomic E-state index is -4.63. The lowest BCUT2D eigenvalue weighted by Gasteiger charge is -2.14. The predicted molar refractivity (Wildman–Crippen MR) is 86.8 cm³/mol. The predicted octanol–water partition coefficient (Wildman–Crippen LogP) is 4.18. The van der Waals surface area contributed by atoms with Crippen LogP contribution in [0.25, 0.3) is 0 Å². The van der Waals surface area contributed by atoms with Gasteiger partial charge >= 0.3 is 6.18 Å². The summed E-state index contributed by atoms with van der Waals surface area (Å²) in [4.78, 5) is -0.223. The highest BCUT2D eigenvalue weighted by Crippen LogP contribution is 2.35. The molecule has 2 rings (SSSR count). The summed E-state index contributed by atoms with van der Waals surface area (Å²) in [6.45, 7) is 0. The van der Waals surface area contributed by atoms with Crippen molar-refractivity contribution in [1.29, 1.82) is 0 Å². The molecule has 0 spiro atoms. The Kier molecular flexibility index (Phi) is 5.38. The van der Waals surface area contributed by atoms with Crippen LogP contribution in [0.5, 0.6) is 11.5 Å². The Hall–Kier alpha value is -2.13. The molecule has 0 radical (unpaired) electrons. The molecule has 10 heteroatoms. The molecule has 25 heavy (non-hydrogen) atoms. The first-order valence-corrected chi connectivity index (χ1v) is 8.56. The highest BCUT2D eigenvalue weighted by Gasteiger charge is 2.31. The van der Waals surface area contributed by atoms with Gasteiger partial charge in [-0.2, -0.15) is 13.2 Å². The Morgan fingerprint density at radius 2 is 1.64 bits per heavy atom. The van der Waals surface area contributed by atoms with E-state index in [1.165, 1.54) is 32.4 Å². The van der Waals surface area contributed by atoms with Crippen LogP contribution < -0.4 is 14.2 Å². The van der Waals surface area contributed by atoms with Gasteiger partial charge in [-0.25, -0.2) is 8.42 Å². The second-order valence-electron chi connectivity index (χ2n) is 4.81. The van der Waals surface area contributed by atoms with Gasteiger partial charge in [-0.1, -0.05) is 11.6 Å². The summed E-state index contributed by atoms with van der Waals surface area (Å²) >= 11 is 5.81. The summed E-state index contributed by atoms with van der Waals surface area (Å²) in [6.07, 6.45) is -4.63. The zero-order chi connectivity index (χ0) is 18.8. The first-order chi connectivity index (χ1) is 11.6. The van der Waals surface area contributed by atoms with Gasteiger partial charge in [-0.3, -0.25) is 4.72 Å². The van der Waals surface area contributed by atoms with E-state index in [4.69, 9.17) is 21.1 Å². The Labute approximate surface area is 147 Å². The molecule has 0 heterocycles. The van der Waals surface area contributed by atoms with Gasteiger partial charge in [0.25, 0.3) is 10.0 Å². The number of hydrogen-bond acceptors (Lipinski definition) is 4. The van der Waals surface area contributed by atoms with E-state index >= 15 is 0 Å². The lowest BCUT2D eigenvalue weighted by molar-refractivity contribution is -0.137. The number of hydrogen-bond donors (Lipinski definition) is 1. The van der Waals surface area contributed by atoms with Gasteiger partial charge < -0.3 is 9.47 Å². The molecule has 0 aliphatic heterocycles. The highest BCUT2D eigenvalue weighted by atomic mass is 35.5. The Morgan fingerprint density at radius 1 is 1.00 bits per heavy atom. The van der Waals surface area contributed by atoms with Crippen molar-refractivity contribution in [3.8, 4) is 11.5 Å². The van der Waals surface area contributed by atoms with Crippen molar-refractivity contribution in [3.63, 3.8) is 0 Å². The van der Waals surface area contributed by atoms with Crippen molar-refractivity contribution in [2.24, 2.45) is 0 Å². The molecule has 2 aromatic rings. The number of anilines is 1. The van der Waals surface area contributed by atoms with Gasteiger partial charge in [0.15, 0.2) is 11.5 Å². The summed E-state index contributed by atoms with van der Waals surface area (Å²) in [5.41, 5.74) is -1.41. The van der Waals surface area contributed by atoms with Crippen molar-refractivity contribution in [2.75, 3.05) is 18.9 Å². The maximum Gasteiger partial charge on any atom is 0.416 e. The van der Waals surface area contributed by atoms with Crippen LogP contribution in [0.2, 0.25) is 5.02 Å². The van der Waals surface area contributed by atoms with Crippen molar-refractivity contribution in [2.45, 2.75) is 11.1 Å². The topological polar surface area (TPSA) is 64.6 Å². The molecule has 0 unspecified atom stereocenters. The molecule has 0 fully saturated rings. The summed E-state index contributed by atoms with van der Waals surface area (Å²) in [7, 11) is -1.49. The molecular formula is C15H13ClF3NO4S. The molecule has 0 saturated heterocycles. The molecule has 0 atom stereocenters. The fourth-order valence-corrected chi connectivity index (χ4v) is 3.27. The summed E-state index contributed by atoms with van der Waals surface area (Å²) in [6, 6.07) is 6.13. The number of rotatable bonds is 5. The van der Waals surface area contributed by atoms with Crippen molar-refractivity contribution in [3.05, 3.63) is 47.0 Å². The van der Waals surface area contributed by atoms with Crippen molar-refractivity contribution >= 4 is 27.3 Å². The number of alkyl halides is 3. The van der Waals surface area contributed by atoms with E-state index in [-0.39, 0.29) is 21.4 Å². The van der Waals surface area contributed by atoms with Gasteiger partial charge in [-0.15, -0.1) is 0 Å². The number of nitrogens with one attached hydrogen (secondary N) is 1. The molecule has 136 valence electrons. The fraction of sp³-hybridized carbons (Fsp3) is 0.200. The molecule has 0 aliphatic rings. The first kappa shape index (κ1) is 19.2. The molecule has 0 aliphatic carbocycles. The van der Waals surface area contributed by atoms with E-state index in [0.29, 0.717) is 11.8 Å². The average molecular weight is 396 g/mol. The Balaban J connectivity index is 2.43. The second kappa shape index (κ2) is 7.01. The minimum absolute atomic E-state index is 0.153. The van der Waals surface area contributed by atoms with Crippen LogP contribution in [-0.2, 0) is 16.2 Å². The largest absolute Gasteiger partial charge is 0.493 e. The molecule has 5 nitrogen and oxygen atoms in total. The Bertz CT molecular complexity index is 885. The molecular weight excluding hydrogens is 383 g/mol. The molecule has 2 aromatic carbocycles. The number of halogens is 4.